The van der Waals surface area contributed by atoms with Crippen LogP contribution < -0.4 is 10.1 Å². The molecular formula is C17H12ClF4NO3. The molecule has 0 radical (unpaired) electrons. The van der Waals surface area contributed by atoms with Crippen LogP contribution in [0.2, 0.25) is 5.02 Å². The number of hydrogen-bond acceptors (Lipinski definition) is 3. The van der Waals surface area contributed by atoms with Crippen LogP contribution in [0.15, 0.2) is 36.4 Å². The summed E-state index contributed by atoms with van der Waals surface area (Å²) in [6, 6.07) is 6.28. The molecule has 2 aromatic carbocycles. The summed E-state index contributed by atoms with van der Waals surface area (Å²) in [7, 11) is 0. The van der Waals surface area contributed by atoms with Crippen molar-refractivity contribution >= 4 is 29.0 Å². The van der Waals surface area contributed by atoms with Crippen LogP contribution in [0.4, 0.5) is 23.2 Å². The maximum atomic E-state index is 13.7. The zero-order chi connectivity index (χ0) is 19.5. The standard InChI is InChI=1S/C17H12ClF4NO3/c1-9(24)12-4-3-11(7-14(12)19)26-8-16(25)23-15-5-2-10(18)6-13(15)17(20,21)22/h2-7H,8H2,1H3,(H,23,25). The molecule has 138 valence electrons. The summed E-state index contributed by atoms with van der Waals surface area (Å²) in [4.78, 5) is 23.0. The first-order valence-electron chi connectivity index (χ1n) is 7.18. The van der Waals surface area contributed by atoms with Crippen LogP contribution >= 0.6 is 11.6 Å². The van der Waals surface area contributed by atoms with Crippen LogP contribution in [0, 0.1) is 5.82 Å². The van der Waals surface area contributed by atoms with Gasteiger partial charge in [-0.3, -0.25) is 9.59 Å². The third-order valence-corrected chi connectivity index (χ3v) is 3.49. The Balaban J connectivity index is 2.06. The number of ether oxygens (including phenoxy) is 1. The number of halogens is 5. The maximum Gasteiger partial charge on any atom is 0.418 e. The third-order valence-electron chi connectivity index (χ3n) is 3.25. The van der Waals surface area contributed by atoms with Gasteiger partial charge in [-0.25, -0.2) is 4.39 Å². The number of benzene rings is 2. The Morgan fingerprint density at radius 2 is 1.85 bits per heavy atom. The molecule has 0 aliphatic rings. The molecule has 0 aliphatic carbocycles. The largest absolute Gasteiger partial charge is 0.484 e. The van der Waals surface area contributed by atoms with Gasteiger partial charge in [-0.1, -0.05) is 11.6 Å². The van der Waals surface area contributed by atoms with Gasteiger partial charge in [0.2, 0.25) is 0 Å². The predicted octanol–water partition coefficient (Wildman–Crippen LogP) is 4.72. The monoisotopic (exact) mass is 389 g/mol. The lowest BCUT2D eigenvalue weighted by Gasteiger charge is -2.14. The number of anilines is 1. The van der Waals surface area contributed by atoms with Gasteiger partial charge in [-0.2, -0.15) is 13.2 Å². The van der Waals surface area contributed by atoms with Crippen LogP contribution in [0.1, 0.15) is 22.8 Å². The van der Waals surface area contributed by atoms with E-state index in [1.165, 1.54) is 25.1 Å². The molecule has 26 heavy (non-hydrogen) atoms. The van der Waals surface area contributed by atoms with Crippen LogP contribution in [0.3, 0.4) is 0 Å². The zero-order valence-corrected chi connectivity index (χ0v) is 14.0. The van der Waals surface area contributed by atoms with Crippen molar-refractivity contribution in [2.75, 3.05) is 11.9 Å². The number of hydrogen-bond donors (Lipinski definition) is 1. The molecule has 9 heteroatoms. The molecule has 0 saturated heterocycles. The molecule has 0 saturated carbocycles. The highest BCUT2D eigenvalue weighted by atomic mass is 35.5. The molecule has 0 aliphatic heterocycles. The van der Waals surface area contributed by atoms with E-state index in [2.05, 4.69) is 5.32 Å². The Morgan fingerprint density at radius 1 is 1.15 bits per heavy atom. The highest BCUT2D eigenvalue weighted by Crippen LogP contribution is 2.36. The molecule has 1 amide bonds. The fourth-order valence-electron chi connectivity index (χ4n) is 2.07. The van der Waals surface area contributed by atoms with E-state index in [0.717, 1.165) is 12.1 Å². The number of carbonyl (C=O) groups is 2. The van der Waals surface area contributed by atoms with Gasteiger partial charge in [0.15, 0.2) is 12.4 Å². The van der Waals surface area contributed by atoms with E-state index in [1.54, 1.807) is 0 Å². The Morgan fingerprint density at radius 3 is 2.42 bits per heavy atom. The molecule has 0 aromatic heterocycles. The summed E-state index contributed by atoms with van der Waals surface area (Å²) in [5.41, 5.74) is -1.72. The van der Waals surface area contributed by atoms with Crippen molar-refractivity contribution in [3.63, 3.8) is 0 Å². The number of rotatable bonds is 5. The summed E-state index contributed by atoms with van der Waals surface area (Å²) in [6.07, 6.45) is -4.71. The summed E-state index contributed by atoms with van der Waals surface area (Å²) < 4.78 is 57.6. The molecule has 0 fully saturated rings. The quantitative estimate of drug-likeness (QED) is 0.594. The van der Waals surface area contributed by atoms with Crippen molar-refractivity contribution in [2.45, 2.75) is 13.1 Å². The second-order valence-electron chi connectivity index (χ2n) is 5.22. The van der Waals surface area contributed by atoms with Crippen molar-refractivity contribution in [1.29, 1.82) is 0 Å². The first-order valence-corrected chi connectivity index (χ1v) is 7.55. The Kier molecular flexibility index (Phi) is 5.86. The smallest absolute Gasteiger partial charge is 0.418 e. The minimum atomic E-state index is -4.71. The zero-order valence-electron chi connectivity index (χ0n) is 13.3. The molecule has 4 nitrogen and oxygen atoms in total. The minimum absolute atomic E-state index is 0.0465. The summed E-state index contributed by atoms with van der Waals surface area (Å²) in [5.74, 6) is -2.23. The number of Topliss-reactive ketones (excluding diaryl/α,β-unsaturated/α-hetero) is 1. The molecule has 0 spiro atoms. The molecule has 2 aromatic rings. The van der Waals surface area contributed by atoms with Gasteiger partial charge in [0, 0.05) is 11.1 Å². The first-order chi connectivity index (χ1) is 12.1. The fraction of sp³-hybridized carbons (Fsp3) is 0.176. The van der Waals surface area contributed by atoms with Crippen molar-refractivity contribution in [3.05, 3.63) is 58.4 Å². The van der Waals surface area contributed by atoms with Crippen molar-refractivity contribution in [2.24, 2.45) is 0 Å². The topological polar surface area (TPSA) is 55.4 Å². The van der Waals surface area contributed by atoms with E-state index in [9.17, 15) is 27.2 Å². The highest BCUT2D eigenvalue weighted by molar-refractivity contribution is 6.30. The maximum absolute atomic E-state index is 13.7. The normalized spacial score (nSPS) is 11.2. The van der Waals surface area contributed by atoms with E-state index in [0.29, 0.717) is 6.07 Å². The second-order valence-corrected chi connectivity index (χ2v) is 5.66. The predicted molar refractivity (Wildman–Crippen MR) is 87.0 cm³/mol. The SMILES string of the molecule is CC(=O)c1ccc(OCC(=O)Nc2ccc(Cl)cc2C(F)(F)F)cc1F. The molecule has 0 heterocycles. The second kappa shape index (κ2) is 7.74. The lowest BCUT2D eigenvalue weighted by molar-refractivity contribution is -0.137. The molecular weight excluding hydrogens is 378 g/mol. The molecule has 1 N–H and O–H groups in total. The van der Waals surface area contributed by atoms with E-state index in [-0.39, 0.29) is 16.3 Å². The van der Waals surface area contributed by atoms with Crippen LogP contribution in [0.5, 0.6) is 5.75 Å². The van der Waals surface area contributed by atoms with E-state index < -0.39 is 41.5 Å². The number of ketones is 1. The highest BCUT2D eigenvalue weighted by Gasteiger charge is 2.34. The van der Waals surface area contributed by atoms with Gasteiger partial charge in [-0.05, 0) is 37.3 Å². The van der Waals surface area contributed by atoms with E-state index in [4.69, 9.17) is 16.3 Å². The number of alkyl halides is 3. The summed E-state index contributed by atoms with van der Waals surface area (Å²) in [6.45, 7) is 0.537. The Labute approximate surface area is 150 Å². The lowest BCUT2D eigenvalue weighted by atomic mass is 10.1. The van der Waals surface area contributed by atoms with Crippen molar-refractivity contribution in [3.8, 4) is 5.75 Å². The fourth-order valence-corrected chi connectivity index (χ4v) is 2.24. The number of nitrogens with one attached hydrogen (secondary N) is 1. The summed E-state index contributed by atoms with van der Waals surface area (Å²) in [5, 5.41) is 1.94. The van der Waals surface area contributed by atoms with Gasteiger partial charge in [-0.15, -0.1) is 0 Å². The van der Waals surface area contributed by atoms with Gasteiger partial charge < -0.3 is 10.1 Å². The molecule has 0 unspecified atom stereocenters. The van der Waals surface area contributed by atoms with Crippen LogP contribution in [-0.4, -0.2) is 18.3 Å². The Hall–Kier alpha value is -2.61. The first kappa shape index (κ1) is 19.7. The lowest BCUT2D eigenvalue weighted by Crippen LogP contribution is -2.22. The van der Waals surface area contributed by atoms with Crippen LogP contribution in [0.25, 0.3) is 0 Å². The molecule has 0 bridgehead atoms. The van der Waals surface area contributed by atoms with Gasteiger partial charge in [0.05, 0.1) is 16.8 Å². The van der Waals surface area contributed by atoms with Gasteiger partial charge in [0.25, 0.3) is 5.91 Å². The summed E-state index contributed by atoms with van der Waals surface area (Å²) >= 11 is 5.55. The minimum Gasteiger partial charge on any atom is -0.484 e. The van der Waals surface area contributed by atoms with E-state index in [1.807, 2.05) is 0 Å². The third kappa shape index (κ3) is 4.95. The van der Waals surface area contributed by atoms with E-state index >= 15 is 0 Å². The van der Waals surface area contributed by atoms with Crippen molar-refractivity contribution in [1.82, 2.24) is 0 Å². The Bertz CT molecular complexity index is 852. The molecule has 0 atom stereocenters. The number of carbonyl (C=O) groups excluding carboxylic acids is 2. The van der Waals surface area contributed by atoms with Gasteiger partial charge >= 0.3 is 6.18 Å². The molecule has 2 rings (SSSR count). The average Bonchev–Trinajstić information content (AvgIpc) is 2.53. The van der Waals surface area contributed by atoms with Crippen LogP contribution in [-0.2, 0) is 11.0 Å². The van der Waals surface area contributed by atoms with Gasteiger partial charge in [0.1, 0.15) is 11.6 Å². The number of amides is 1. The van der Waals surface area contributed by atoms with Crippen molar-refractivity contribution < 1.29 is 31.9 Å². The average molecular weight is 390 g/mol.